The van der Waals surface area contributed by atoms with Gasteiger partial charge in [-0.1, -0.05) is 127 Å². The quantitative estimate of drug-likeness (QED) is 0.141. The Hall–Kier alpha value is -5.21. The van der Waals surface area contributed by atoms with Crippen molar-refractivity contribution in [2.24, 2.45) is 11.3 Å². The third kappa shape index (κ3) is 7.18. The highest BCUT2D eigenvalue weighted by molar-refractivity contribution is 5.96. The van der Waals surface area contributed by atoms with Crippen molar-refractivity contribution in [2.45, 2.75) is 93.1 Å². The van der Waals surface area contributed by atoms with Crippen molar-refractivity contribution in [3.05, 3.63) is 149 Å². The largest absolute Gasteiger partial charge is 0.458 e. The number of ether oxygens (including phenoxy) is 4. The number of hydrogen-bond acceptors (Lipinski definition) is 10. The SMILES string of the molecule is CN(C(=O)C12CC3OC(=O)C1N(Cc1ccc(C=CC4CCC5OC5C4)cc1)OC2C1OC(c2ccccc2)(c2ccccc2)OC31)C(Cc1ccccc1)C(=O)NCCO. The average Bonchev–Trinajstić information content (AvgIpc) is 3.82. The summed E-state index contributed by atoms with van der Waals surface area (Å²) in [4.78, 5) is 52.6. The smallest absolute Gasteiger partial charge is 0.327 e. The van der Waals surface area contributed by atoms with Crippen molar-refractivity contribution >= 4 is 23.9 Å². The van der Waals surface area contributed by atoms with Crippen molar-refractivity contribution in [1.29, 1.82) is 0 Å². The van der Waals surface area contributed by atoms with Crippen LogP contribution in [0.1, 0.15) is 53.5 Å². The number of esters is 1. The first kappa shape index (κ1) is 39.9. The Balaban J connectivity index is 1.01. The molecule has 4 saturated heterocycles. The highest BCUT2D eigenvalue weighted by Crippen LogP contribution is 2.60. The van der Waals surface area contributed by atoms with Gasteiger partial charge in [0.25, 0.3) is 0 Å². The van der Waals surface area contributed by atoms with Gasteiger partial charge in [0.15, 0.2) is 6.04 Å². The molecule has 10 rings (SSSR count). The first-order valence-electron chi connectivity index (χ1n) is 21.5. The highest BCUT2D eigenvalue weighted by Gasteiger charge is 2.77. The van der Waals surface area contributed by atoms with Crippen LogP contribution in [0.25, 0.3) is 6.08 Å². The number of benzene rings is 4. The fraction of sp³-hybridized carbons (Fsp3) is 0.408. The second-order valence-electron chi connectivity index (χ2n) is 17.3. The van der Waals surface area contributed by atoms with Gasteiger partial charge in [-0.05, 0) is 41.9 Å². The maximum Gasteiger partial charge on any atom is 0.327 e. The van der Waals surface area contributed by atoms with Crippen LogP contribution in [0.4, 0.5) is 0 Å². The zero-order valence-electron chi connectivity index (χ0n) is 34.1. The number of hydroxylamine groups is 2. The fourth-order valence-corrected chi connectivity index (χ4v) is 10.4. The molecule has 4 aromatic rings. The standard InChI is InChI=1S/C49H51N3O9/c1-51(37(45(54)50-25-26-53)27-32-11-5-2-6-12-32)47(56)48-29-40-41-42(60-49(59-41,35-13-7-3-8-14-35)36-15-9-4-10-16-36)44(48)61-52(43(48)46(55)58-40)30-34-21-18-31(19-22-34)17-20-33-23-24-38-39(28-33)57-38/h2-22,33,37-44,53H,23-30H2,1H3,(H,50,54). The molecule has 2 amide bonds. The summed E-state index contributed by atoms with van der Waals surface area (Å²) in [6, 6.07) is 34.7. The molecule has 12 nitrogen and oxygen atoms in total. The Morgan fingerprint density at radius 1 is 0.852 bits per heavy atom. The molecular formula is C49H51N3O9. The number of epoxide rings is 1. The number of amides is 2. The van der Waals surface area contributed by atoms with Crippen LogP contribution in [0, 0.1) is 11.3 Å². The zero-order valence-corrected chi connectivity index (χ0v) is 34.1. The minimum atomic E-state index is -1.53. The number of carbonyl (C=O) groups is 3. The van der Waals surface area contributed by atoms with E-state index in [1.807, 2.05) is 103 Å². The molecule has 10 atom stereocenters. The molecule has 2 bridgehead atoms. The summed E-state index contributed by atoms with van der Waals surface area (Å²) < 4.78 is 26.2. The lowest BCUT2D eigenvalue weighted by molar-refractivity contribution is -0.214. The van der Waals surface area contributed by atoms with E-state index < -0.39 is 65.5 Å². The second-order valence-corrected chi connectivity index (χ2v) is 17.3. The lowest BCUT2D eigenvalue weighted by atomic mass is 9.62. The Morgan fingerprint density at radius 3 is 2.20 bits per heavy atom. The van der Waals surface area contributed by atoms with Gasteiger partial charge >= 0.3 is 5.97 Å². The van der Waals surface area contributed by atoms with Crippen LogP contribution in [-0.4, -0.2) is 102 Å². The molecule has 6 fully saturated rings. The molecule has 12 heteroatoms. The van der Waals surface area contributed by atoms with Crippen LogP contribution in [0.15, 0.2) is 121 Å². The van der Waals surface area contributed by atoms with Gasteiger partial charge in [0, 0.05) is 37.6 Å². The topological polar surface area (TPSA) is 139 Å². The Labute approximate surface area is 355 Å². The first-order valence-corrected chi connectivity index (χ1v) is 21.5. The van der Waals surface area contributed by atoms with Gasteiger partial charge in [-0.15, -0.1) is 0 Å². The average molecular weight is 826 g/mol. The Morgan fingerprint density at radius 2 is 1.52 bits per heavy atom. The van der Waals surface area contributed by atoms with Crippen LogP contribution in [0.2, 0.25) is 0 Å². The highest BCUT2D eigenvalue weighted by atomic mass is 16.8. The number of hydrogen-bond donors (Lipinski definition) is 2. The maximum absolute atomic E-state index is 15.7. The molecule has 10 unspecified atom stereocenters. The van der Waals surface area contributed by atoms with Crippen molar-refractivity contribution in [3.8, 4) is 0 Å². The van der Waals surface area contributed by atoms with E-state index in [1.54, 1.807) is 12.1 Å². The number of aliphatic hydroxyl groups is 1. The van der Waals surface area contributed by atoms with E-state index in [2.05, 4.69) is 29.6 Å². The predicted octanol–water partition coefficient (Wildman–Crippen LogP) is 4.93. The normalized spacial score (nSPS) is 31.1. The van der Waals surface area contributed by atoms with E-state index in [1.165, 1.54) is 4.90 Å². The van der Waals surface area contributed by atoms with Crippen molar-refractivity contribution < 1.29 is 43.3 Å². The predicted molar refractivity (Wildman–Crippen MR) is 223 cm³/mol. The molecule has 2 N–H and O–H groups in total. The van der Waals surface area contributed by atoms with Crippen LogP contribution >= 0.6 is 0 Å². The monoisotopic (exact) mass is 825 g/mol. The van der Waals surface area contributed by atoms with Gasteiger partial charge in [-0.2, -0.15) is 5.06 Å². The van der Waals surface area contributed by atoms with Gasteiger partial charge in [0.2, 0.25) is 17.6 Å². The lowest BCUT2D eigenvalue weighted by Gasteiger charge is -2.50. The number of aliphatic hydroxyl groups excluding tert-OH is 1. The molecular weight excluding hydrogens is 775 g/mol. The summed E-state index contributed by atoms with van der Waals surface area (Å²) >= 11 is 0. The summed E-state index contributed by atoms with van der Waals surface area (Å²) in [6.07, 6.45) is 5.41. The van der Waals surface area contributed by atoms with Gasteiger partial charge in [-0.25, -0.2) is 0 Å². The number of fused-ring (bicyclic) bond motifs is 5. The Bertz CT molecular complexity index is 2220. The summed E-state index contributed by atoms with van der Waals surface area (Å²) in [5.41, 5.74) is 2.75. The number of nitrogens with one attached hydrogen (secondary N) is 1. The van der Waals surface area contributed by atoms with Crippen LogP contribution < -0.4 is 5.32 Å². The van der Waals surface area contributed by atoms with E-state index in [0.717, 1.165) is 47.1 Å². The van der Waals surface area contributed by atoms with E-state index >= 15 is 4.79 Å². The number of rotatable bonds is 13. The van der Waals surface area contributed by atoms with Crippen LogP contribution in [-0.2, 0) is 56.9 Å². The number of likely N-dealkylation sites (N-methyl/N-ethyl adjacent to an activating group) is 1. The summed E-state index contributed by atoms with van der Waals surface area (Å²) in [6.45, 7) is -0.0579. The van der Waals surface area contributed by atoms with E-state index in [9.17, 15) is 14.7 Å². The molecule has 0 aromatic heterocycles. The molecule has 6 aliphatic rings. The minimum Gasteiger partial charge on any atom is -0.458 e. The van der Waals surface area contributed by atoms with Crippen LogP contribution in [0.3, 0.4) is 0 Å². The number of carbonyl (C=O) groups excluding carboxylic acids is 3. The van der Waals surface area contributed by atoms with Gasteiger partial charge in [0.05, 0.1) is 25.4 Å². The second kappa shape index (κ2) is 16.2. The van der Waals surface area contributed by atoms with Crippen molar-refractivity contribution in [2.75, 3.05) is 20.2 Å². The Kier molecular flexibility index (Phi) is 10.6. The van der Waals surface area contributed by atoms with E-state index in [4.69, 9.17) is 23.8 Å². The molecule has 4 heterocycles. The molecule has 0 radical (unpaired) electrons. The molecule has 61 heavy (non-hydrogen) atoms. The molecule has 316 valence electrons. The van der Waals surface area contributed by atoms with Crippen molar-refractivity contribution in [3.63, 3.8) is 0 Å². The molecule has 0 spiro atoms. The summed E-state index contributed by atoms with van der Waals surface area (Å²) in [5.74, 6) is -2.36. The summed E-state index contributed by atoms with van der Waals surface area (Å²) in [7, 11) is 1.60. The van der Waals surface area contributed by atoms with E-state index in [-0.39, 0.29) is 32.5 Å². The molecule has 4 aromatic carbocycles. The molecule has 4 aliphatic heterocycles. The van der Waals surface area contributed by atoms with Gasteiger partial charge in [0.1, 0.15) is 35.9 Å². The van der Waals surface area contributed by atoms with Gasteiger partial charge < -0.3 is 34.3 Å². The third-order valence-electron chi connectivity index (χ3n) is 13.6. The van der Waals surface area contributed by atoms with E-state index in [0.29, 0.717) is 18.1 Å². The lowest BCUT2D eigenvalue weighted by Crippen LogP contribution is -2.70. The number of allylic oxidation sites excluding steroid dienone is 1. The van der Waals surface area contributed by atoms with Crippen molar-refractivity contribution in [1.82, 2.24) is 15.3 Å². The summed E-state index contributed by atoms with van der Waals surface area (Å²) in [5, 5.41) is 14.0. The van der Waals surface area contributed by atoms with Crippen LogP contribution in [0.5, 0.6) is 0 Å². The maximum atomic E-state index is 15.7. The first-order chi connectivity index (χ1) is 29.8. The molecule has 2 saturated carbocycles. The number of nitrogens with zero attached hydrogens (tertiary/aromatic N) is 2. The third-order valence-corrected chi connectivity index (χ3v) is 13.6. The fourth-order valence-electron chi connectivity index (χ4n) is 10.4. The van der Waals surface area contributed by atoms with Gasteiger partial charge in [-0.3, -0.25) is 19.2 Å². The molecule has 2 aliphatic carbocycles. The minimum absolute atomic E-state index is 0.0226. The zero-order chi connectivity index (χ0) is 41.7.